The Morgan fingerprint density at radius 3 is 2.78 bits per heavy atom. The third kappa shape index (κ3) is 3.76. The average molecular weight is 384 g/mol. The Morgan fingerprint density at radius 1 is 1.26 bits per heavy atom. The average Bonchev–Trinajstić information content (AvgIpc) is 3.16. The highest BCUT2D eigenvalue weighted by Gasteiger charge is 2.37. The van der Waals surface area contributed by atoms with Crippen molar-refractivity contribution in [2.45, 2.75) is 45.2 Å². The van der Waals surface area contributed by atoms with Crippen molar-refractivity contribution in [2.75, 3.05) is 5.32 Å². The quantitative estimate of drug-likeness (QED) is 0.695. The van der Waals surface area contributed by atoms with Crippen LogP contribution in [0.5, 0.6) is 0 Å². The molecule has 0 aliphatic heterocycles. The zero-order valence-electron chi connectivity index (χ0n) is 15.4. The lowest BCUT2D eigenvalue weighted by Crippen LogP contribution is -2.19. The molecule has 0 spiro atoms. The molecular formula is C20H22ClN5O. The van der Waals surface area contributed by atoms with Crippen molar-refractivity contribution in [3.8, 4) is 16.8 Å². The van der Waals surface area contributed by atoms with Crippen LogP contribution in [-0.4, -0.2) is 24.9 Å². The van der Waals surface area contributed by atoms with Gasteiger partial charge in [0.1, 0.15) is 5.82 Å². The smallest absolute Gasteiger partial charge is 0.250 e. The van der Waals surface area contributed by atoms with Crippen LogP contribution in [-0.2, 0) is 6.54 Å². The first-order chi connectivity index (χ1) is 13.0. The van der Waals surface area contributed by atoms with Gasteiger partial charge in [0.15, 0.2) is 0 Å². The Hall–Kier alpha value is -2.60. The zero-order chi connectivity index (χ0) is 19.0. The van der Waals surface area contributed by atoms with Gasteiger partial charge in [-0.15, -0.1) is 0 Å². The maximum Gasteiger partial charge on any atom is 0.250 e. The van der Waals surface area contributed by atoms with Gasteiger partial charge < -0.3 is 9.88 Å². The molecule has 6 nitrogen and oxygen atoms in total. The molecule has 0 aromatic carbocycles. The SMILES string of the molecule is CCCn1cc(-n2cc(-c3cnc(NC4(C)CC4)cc3Cl)cn2)ccc1=O. The van der Waals surface area contributed by atoms with E-state index in [9.17, 15) is 4.79 Å². The summed E-state index contributed by atoms with van der Waals surface area (Å²) < 4.78 is 3.44. The van der Waals surface area contributed by atoms with Crippen molar-refractivity contribution in [3.05, 3.63) is 58.4 Å². The molecule has 1 aliphatic rings. The maximum atomic E-state index is 11.9. The molecule has 0 radical (unpaired) electrons. The molecule has 0 amide bonds. The number of aryl methyl sites for hydroxylation is 1. The number of aromatic nitrogens is 4. The van der Waals surface area contributed by atoms with E-state index in [4.69, 9.17) is 11.6 Å². The summed E-state index contributed by atoms with van der Waals surface area (Å²) in [5.41, 5.74) is 2.69. The van der Waals surface area contributed by atoms with E-state index in [0.717, 1.165) is 41.9 Å². The van der Waals surface area contributed by atoms with Crippen LogP contribution in [0.3, 0.4) is 0 Å². The largest absolute Gasteiger partial charge is 0.365 e. The number of anilines is 1. The molecular weight excluding hydrogens is 362 g/mol. The second-order valence-corrected chi connectivity index (χ2v) is 7.73. The molecule has 3 aromatic rings. The van der Waals surface area contributed by atoms with Crippen LogP contribution in [0, 0.1) is 0 Å². The Bertz CT molecular complexity index is 1030. The van der Waals surface area contributed by atoms with Gasteiger partial charge >= 0.3 is 0 Å². The summed E-state index contributed by atoms with van der Waals surface area (Å²) in [4.78, 5) is 16.4. The van der Waals surface area contributed by atoms with Crippen molar-refractivity contribution < 1.29 is 0 Å². The fraction of sp³-hybridized carbons (Fsp3) is 0.350. The molecule has 1 N–H and O–H groups in total. The molecule has 0 unspecified atom stereocenters. The summed E-state index contributed by atoms with van der Waals surface area (Å²) in [6, 6.07) is 5.20. The molecule has 1 fully saturated rings. The normalized spacial score (nSPS) is 14.9. The number of hydrogen-bond donors (Lipinski definition) is 1. The van der Waals surface area contributed by atoms with E-state index in [0.29, 0.717) is 11.6 Å². The standard InChI is InChI=1S/C20H22ClN5O/c1-3-8-25-13-15(4-5-19(25)27)26-12-14(10-23-26)16-11-22-18(9-17(16)21)24-20(2)6-7-20/h4-5,9-13H,3,6-8H2,1-2H3,(H,22,24). The monoisotopic (exact) mass is 383 g/mol. The maximum absolute atomic E-state index is 11.9. The number of rotatable bonds is 6. The lowest BCUT2D eigenvalue weighted by atomic mass is 10.1. The minimum absolute atomic E-state index is 0.00679. The summed E-state index contributed by atoms with van der Waals surface area (Å²) in [7, 11) is 0. The Morgan fingerprint density at radius 2 is 2.07 bits per heavy atom. The van der Waals surface area contributed by atoms with Gasteiger partial charge in [-0.25, -0.2) is 9.67 Å². The number of hydrogen-bond acceptors (Lipinski definition) is 4. The minimum atomic E-state index is -0.00679. The summed E-state index contributed by atoms with van der Waals surface area (Å²) in [5.74, 6) is 0.794. The zero-order valence-corrected chi connectivity index (χ0v) is 16.2. The van der Waals surface area contributed by atoms with Crippen LogP contribution >= 0.6 is 11.6 Å². The van der Waals surface area contributed by atoms with Gasteiger partial charge in [-0.2, -0.15) is 5.10 Å². The first-order valence-corrected chi connectivity index (χ1v) is 9.55. The van der Waals surface area contributed by atoms with Gasteiger partial charge in [0.2, 0.25) is 0 Å². The van der Waals surface area contributed by atoms with Gasteiger partial charge in [-0.05, 0) is 38.3 Å². The summed E-state index contributed by atoms with van der Waals surface area (Å²) >= 11 is 6.49. The molecule has 0 saturated heterocycles. The fourth-order valence-electron chi connectivity index (χ4n) is 3.01. The van der Waals surface area contributed by atoms with Crippen molar-refractivity contribution in [1.29, 1.82) is 0 Å². The molecule has 1 aliphatic carbocycles. The molecule has 3 heterocycles. The van der Waals surface area contributed by atoms with Crippen LogP contribution < -0.4 is 10.9 Å². The van der Waals surface area contributed by atoms with Gasteiger partial charge in [-0.3, -0.25) is 4.79 Å². The lowest BCUT2D eigenvalue weighted by molar-refractivity contribution is 0.648. The number of nitrogens with one attached hydrogen (secondary N) is 1. The molecule has 0 bridgehead atoms. The third-order valence-electron chi connectivity index (χ3n) is 4.87. The molecule has 27 heavy (non-hydrogen) atoms. The minimum Gasteiger partial charge on any atom is -0.365 e. The van der Waals surface area contributed by atoms with Crippen LogP contribution in [0.4, 0.5) is 5.82 Å². The molecule has 7 heteroatoms. The van der Waals surface area contributed by atoms with E-state index in [1.807, 2.05) is 25.4 Å². The highest BCUT2D eigenvalue weighted by Crippen LogP contribution is 2.38. The van der Waals surface area contributed by atoms with Crippen LogP contribution in [0.1, 0.15) is 33.1 Å². The summed E-state index contributed by atoms with van der Waals surface area (Å²) in [6.07, 6.45) is 10.5. The van der Waals surface area contributed by atoms with Crippen molar-refractivity contribution in [1.82, 2.24) is 19.3 Å². The van der Waals surface area contributed by atoms with E-state index >= 15 is 0 Å². The summed E-state index contributed by atoms with van der Waals surface area (Å²) in [5, 5.41) is 8.48. The number of pyridine rings is 2. The number of nitrogens with zero attached hydrogens (tertiary/aromatic N) is 4. The molecule has 4 rings (SSSR count). The van der Waals surface area contributed by atoms with Gasteiger partial charge in [-0.1, -0.05) is 18.5 Å². The predicted octanol–water partition coefficient (Wildman–Crippen LogP) is 4.12. The van der Waals surface area contributed by atoms with E-state index in [1.165, 1.54) is 0 Å². The predicted molar refractivity (Wildman–Crippen MR) is 108 cm³/mol. The number of halogens is 1. The lowest BCUT2D eigenvalue weighted by Gasteiger charge is -2.13. The van der Waals surface area contributed by atoms with E-state index < -0.39 is 0 Å². The van der Waals surface area contributed by atoms with Crippen LogP contribution in [0.25, 0.3) is 16.8 Å². The highest BCUT2D eigenvalue weighted by atomic mass is 35.5. The van der Waals surface area contributed by atoms with Gasteiger partial charge in [0.05, 0.1) is 16.9 Å². The van der Waals surface area contributed by atoms with Crippen molar-refractivity contribution in [3.63, 3.8) is 0 Å². The Labute approximate surface area is 162 Å². The Balaban J connectivity index is 1.61. The molecule has 0 atom stereocenters. The van der Waals surface area contributed by atoms with Crippen LogP contribution in [0.2, 0.25) is 5.02 Å². The topological polar surface area (TPSA) is 64.7 Å². The second kappa shape index (κ2) is 6.85. The van der Waals surface area contributed by atoms with E-state index in [1.54, 1.807) is 33.8 Å². The van der Waals surface area contributed by atoms with Crippen molar-refractivity contribution in [2.24, 2.45) is 0 Å². The van der Waals surface area contributed by atoms with Crippen LogP contribution in [0.15, 0.2) is 47.8 Å². The second-order valence-electron chi connectivity index (χ2n) is 7.33. The third-order valence-corrected chi connectivity index (χ3v) is 5.19. The fourth-order valence-corrected chi connectivity index (χ4v) is 3.27. The molecule has 1 saturated carbocycles. The van der Waals surface area contributed by atoms with Crippen molar-refractivity contribution >= 4 is 17.4 Å². The van der Waals surface area contributed by atoms with E-state index in [2.05, 4.69) is 22.3 Å². The highest BCUT2D eigenvalue weighted by molar-refractivity contribution is 6.33. The van der Waals surface area contributed by atoms with Gasteiger partial charge in [0.25, 0.3) is 5.56 Å². The van der Waals surface area contributed by atoms with E-state index in [-0.39, 0.29) is 11.1 Å². The molecule has 140 valence electrons. The first kappa shape index (κ1) is 17.8. The molecule has 3 aromatic heterocycles. The van der Waals surface area contributed by atoms with Gasteiger partial charge in [0, 0.05) is 47.9 Å². The Kier molecular flexibility index (Phi) is 4.52. The first-order valence-electron chi connectivity index (χ1n) is 9.17. The summed E-state index contributed by atoms with van der Waals surface area (Å²) in [6.45, 7) is 4.91.